The molecule has 0 unspecified atom stereocenters. The normalized spacial score (nSPS) is 36.2. The summed E-state index contributed by atoms with van der Waals surface area (Å²) in [7, 11) is 1.86. The largest absolute Gasteiger partial charge is 0.496 e. The number of hydrogen-bond donors (Lipinski definition) is 0. The van der Waals surface area contributed by atoms with E-state index in [0.717, 1.165) is 17.9 Å². The van der Waals surface area contributed by atoms with Gasteiger partial charge < -0.3 is 4.74 Å². The van der Waals surface area contributed by atoms with E-state index in [1.165, 1.54) is 70.2 Å². The molecule has 5 rings (SSSR count). The van der Waals surface area contributed by atoms with Gasteiger partial charge in [0, 0.05) is 23.6 Å². The number of ether oxygens (including phenoxy) is 1. The smallest absolute Gasteiger partial charge is 0.122 e. The molecule has 1 saturated heterocycles. The average molecular weight is 311 g/mol. The van der Waals surface area contributed by atoms with Gasteiger partial charge in [0.1, 0.15) is 5.75 Å². The maximum atomic E-state index is 5.84. The molecule has 2 nitrogen and oxygen atoms in total. The molecule has 0 spiro atoms. The standard InChI is InChI=1S/C21H29NO/c1-23-19-7-4-5-16-13-18-17-6-2-3-10-21(17,20(16)19)11-12-22(18)14-15-8-9-15/h4-5,7,15,17-18H,2-3,6,8-14H2,1H3/t17-,18+,21+/m0/s1. The van der Waals surface area contributed by atoms with E-state index in [-0.39, 0.29) is 0 Å². The maximum Gasteiger partial charge on any atom is 0.122 e. The zero-order valence-corrected chi connectivity index (χ0v) is 14.4. The van der Waals surface area contributed by atoms with Gasteiger partial charge in [-0.05, 0) is 68.5 Å². The second kappa shape index (κ2) is 5.24. The van der Waals surface area contributed by atoms with Gasteiger partial charge in [0.05, 0.1) is 7.11 Å². The van der Waals surface area contributed by atoms with Gasteiger partial charge in [0.2, 0.25) is 0 Å². The number of rotatable bonds is 3. The van der Waals surface area contributed by atoms with Crippen molar-refractivity contribution in [3.05, 3.63) is 29.3 Å². The SMILES string of the molecule is COc1cccc2c1[C@@]13CCCC[C@H]1[C@@H](C2)N(CC1CC1)CC3. The van der Waals surface area contributed by atoms with Crippen molar-refractivity contribution in [2.75, 3.05) is 20.2 Å². The molecular formula is C21H29NO. The zero-order valence-electron chi connectivity index (χ0n) is 14.4. The molecule has 124 valence electrons. The van der Waals surface area contributed by atoms with Crippen molar-refractivity contribution in [2.24, 2.45) is 11.8 Å². The predicted octanol–water partition coefficient (Wildman–Crippen LogP) is 4.16. The number of fused-ring (bicyclic) bond motifs is 1. The van der Waals surface area contributed by atoms with Crippen LogP contribution in [0.4, 0.5) is 0 Å². The molecular weight excluding hydrogens is 282 g/mol. The van der Waals surface area contributed by atoms with Crippen LogP contribution in [0.5, 0.6) is 5.75 Å². The summed E-state index contributed by atoms with van der Waals surface area (Å²) >= 11 is 0. The monoisotopic (exact) mass is 311 g/mol. The zero-order chi connectivity index (χ0) is 15.4. The molecule has 1 aliphatic heterocycles. The van der Waals surface area contributed by atoms with Gasteiger partial charge in [-0.2, -0.15) is 0 Å². The molecule has 0 N–H and O–H groups in total. The molecule has 2 heteroatoms. The molecule has 3 aliphatic carbocycles. The van der Waals surface area contributed by atoms with Crippen molar-refractivity contribution < 1.29 is 4.74 Å². The van der Waals surface area contributed by atoms with Crippen molar-refractivity contribution in [3.8, 4) is 5.75 Å². The molecule has 1 aromatic carbocycles. The first-order chi connectivity index (χ1) is 11.3. The van der Waals surface area contributed by atoms with Gasteiger partial charge in [-0.1, -0.05) is 25.0 Å². The molecule has 4 aliphatic rings. The van der Waals surface area contributed by atoms with Gasteiger partial charge in [0.25, 0.3) is 0 Å². The highest BCUT2D eigenvalue weighted by atomic mass is 16.5. The Kier molecular flexibility index (Phi) is 3.27. The Morgan fingerprint density at radius 3 is 2.91 bits per heavy atom. The minimum Gasteiger partial charge on any atom is -0.496 e. The second-order valence-corrected chi connectivity index (χ2v) is 8.46. The molecule has 1 aromatic rings. The molecule has 2 bridgehead atoms. The first-order valence-electron chi connectivity index (χ1n) is 9.72. The maximum absolute atomic E-state index is 5.84. The molecule has 0 radical (unpaired) electrons. The molecule has 3 fully saturated rings. The number of hydrogen-bond acceptors (Lipinski definition) is 2. The predicted molar refractivity (Wildman–Crippen MR) is 93.0 cm³/mol. The molecule has 0 amide bonds. The van der Waals surface area contributed by atoms with E-state index < -0.39 is 0 Å². The quantitative estimate of drug-likeness (QED) is 0.831. The van der Waals surface area contributed by atoms with Gasteiger partial charge in [0.15, 0.2) is 0 Å². The first-order valence-corrected chi connectivity index (χ1v) is 9.72. The minimum absolute atomic E-state index is 0.420. The van der Waals surface area contributed by atoms with Crippen LogP contribution in [0.3, 0.4) is 0 Å². The van der Waals surface area contributed by atoms with Crippen LogP contribution in [0, 0.1) is 11.8 Å². The van der Waals surface area contributed by atoms with E-state index in [1.54, 1.807) is 11.1 Å². The van der Waals surface area contributed by atoms with E-state index >= 15 is 0 Å². The second-order valence-electron chi connectivity index (χ2n) is 8.46. The Morgan fingerprint density at radius 1 is 1.17 bits per heavy atom. The fraction of sp³-hybridized carbons (Fsp3) is 0.714. The van der Waals surface area contributed by atoms with Gasteiger partial charge in [-0.15, -0.1) is 0 Å². The first kappa shape index (κ1) is 14.3. The lowest BCUT2D eigenvalue weighted by molar-refractivity contribution is -0.0145. The van der Waals surface area contributed by atoms with E-state index in [4.69, 9.17) is 4.74 Å². The van der Waals surface area contributed by atoms with Crippen LogP contribution in [0.15, 0.2) is 18.2 Å². The summed E-state index contributed by atoms with van der Waals surface area (Å²) in [6, 6.07) is 7.59. The summed E-state index contributed by atoms with van der Waals surface area (Å²) in [5, 5.41) is 0. The Labute approximate surface area is 140 Å². The summed E-state index contributed by atoms with van der Waals surface area (Å²) in [6.07, 6.45) is 11.2. The van der Waals surface area contributed by atoms with Crippen molar-refractivity contribution in [2.45, 2.75) is 62.8 Å². The molecule has 3 atom stereocenters. The number of piperidine rings is 1. The summed E-state index contributed by atoms with van der Waals surface area (Å²) in [4.78, 5) is 2.88. The topological polar surface area (TPSA) is 12.5 Å². The van der Waals surface area contributed by atoms with Crippen LogP contribution >= 0.6 is 0 Å². The third-order valence-electron chi connectivity index (χ3n) is 7.33. The van der Waals surface area contributed by atoms with Crippen LogP contribution in [0.2, 0.25) is 0 Å². The van der Waals surface area contributed by atoms with Crippen LogP contribution in [-0.2, 0) is 11.8 Å². The molecule has 2 saturated carbocycles. The molecule has 1 heterocycles. The van der Waals surface area contributed by atoms with Crippen molar-refractivity contribution in [3.63, 3.8) is 0 Å². The van der Waals surface area contributed by atoms with E-state index in [1.807, 2.05) is 7.11 Å². The summed E-state index contributed by atoms with van der Waals surface area (Å²) in [5.41, 5.74) is 3.62. The lowest BCUT2D eigenvalue weighted by atomic mass is 9.52. The van der Waals surface area contributed by atoms with Crippen LogP contribution in [0.25, 0.3) is 0 Å². The van der Waals surface area contributed by atoms with Crippen molar-refractivity contribution >= 4 is 0 Å². The van der Waals surface area contributed by atoms with Crippen molar-refractivity contribution in [1.82, 2.24) is 4.90 Å². The fourth-order valence-corrected chi connectivity index (χ4v) is 6.17. The Balaban J connectivity index is 1.60. The number of likely N-dealkylation sites (tertiary alicyclic amines) is 1. The van der Waals surface area contributed by atoms with Gasteiger partial charge in [-0.25, -0.2) is 0 Å². The highest BCUT2D eigenvalue weighted by Gasteiger charge is 2.55. The molecule has 23 heavy (non-hydrogen) atoms. The van der Waals surface area contributed by atoms with E-state index in [9.17, 15) is 0 Å². The summed E-state index contributed by atoms with van der Waals surface area (Å²) < 4.78 is 5.84. The fourth-order valence-electron chi connectivity index (χ4n) is 6.17. The molecule has 0 aromatic heterocycles. The van der Waals surface area contributed by atoms with E-state index in [0.29, 0.717) is 5.41 Å². The van der Waals surface area contributed by atoms with Crippen LogP contribution < -0.4 is 4.74 Å². The average Bonchev–Trinajstić information content (AvgIpc) is 3.40. The van der Waals surface area contributed by atoms with Crippen LogP contribution in [-0.4, -0.2) is 31.1 Å². The lowest BCUT2D eigenvalue weighted by Gasteiger charge is -2.59. The lowest BCUT2D eigenvalue weighted by Crippen LogP contribution is -2.61. The van der Waals surface area contributed by atoms with E-state index in [2.05, 4.69) is 23.1 Å². The minimum atomic E-state index is 0.420. The summed E-state index contributed by atoms with van der Waals surface area (Å²) in [6.45, 7) is 2.69. The third kappa shape index (κ3) is 2.10. The van der Waals surface area contributed by atoms with Gasteiger partial charge >= 0.3 is 0 Å². The van der Waals surface area contributed by atoms with Gasteiger partial charge in [-0.3, -0.25) is 4.90 Å². The number of benzene rings is 1. The Bertz CT molecular complexity index is 608. The number of nitrogens with zero attached hydrogens (tertiary/aromatic N) is 1. The Hall–Kier alpha value is -1.02. The van der Waals surface area contributed by atoms with Crippen molar-refractivity contribution in [1.29, 1.82) is 0 Å². The number of methoxy groups -OCH3 is 1. The summed E-state index contributed by atoms with van der Waals surface area (Å²) in [5.74, 6) is 3.05. The highest BCUT2D eigenvalue weighted by molar-refractivity contribution is 5.50. The third-order valence-corrected chi connectivity index (χ3v) is 7.33. The van der Waals surface area contributed by atoms with Crippen LogP contribution in [0.1, 0.15) is 56.1 Å². The highest BCUT2D eigenvalue weighted by Crippen LogP contribution is 2.58. The Morgan fingerprint density at radius 2 is 2.09 bits per heavy atom.